The van der Waals surface area contributed by atoms with Crippen molar-refractivity contribution >= 4 is 146 Å². The van der Waals surface area contributed by atoms with Gasteiger partial charge in [0.2, 0.25) is 9.05 Å². The number of alkyl carbamates (subject to hydrolysis) is 2. The predicted octanol–water partition coefficient (Wildman–Crippen LogP) is 21.0. The fourth-order valence-electron chi connectivity index (χ4n) is 12.8. The van der Waals surface area contributed by atoms with E-state index in [0.717, 1.165) is 43.4 Å². The van der Waals surface area contributed by atoms with Gasteiger partial charge in [0.05, 0.1) is 46.3 Å². The van der Waals surface area contributed by atoms with Gasteiger partial charge in [-0.2, -0.15) is 0 Å². The summed E-state index contributed by atoms with van der Waals surface area (Å²) >= 11 is 25.6. The first-order valence-electron chi connectivity index (χ1n) is 41.6. The van der Waals surface area contributed by atoms with Crippen LogP contribution >= 0.6 is 77.3 Å². The summed E-state index contributed by atoms with van der Waals surface area (Å²) in [6, 6.07) is 42.2. The van der Waals surface area contributed by atoms with E-state index in [1.165, 1.54) is 124 Å². The highest BCUT2D eigenvalue weighted by atomic mass is 79.9. The number of aliphatic imine (C=N–C) groups is 1. The molecule has 8 aromatic carbocycles. The van der Waals surface area contributed by atoms with Crippen molar-refractivity contribution in [3.05, 3.63) is 345 Å². The molecule has 0 unspecified atom stereocenters. The first kappa shape index (κ1) is 108. The minimum absolute atomic E-state index is 0.000276. The number of hydrogen-bond donors (Lipinski definition) is 3. The van der Waals surface area contributed by atoms with E-state index in [2.05, 4.69) is 53.2 Å². The van der Waals surface area contributed by atoms with Crippen LogP contribution in [-0.4, -0.2) is 104 Å². The van der Waals surface area contributed by atoms with Gasteiger partial charge < -0.3 is 53.6 Å². The number of nitrogens with two attached hydrogens (primary N) is 1. The fourth-order valence-corrected chi connectivity index (χ4v) is 14.6. The molecule has 134 heavy (non-hydrogen) atoms. The molecule has 4 N–H and O–H groups in total. The summed E-state index contributed by atoms with van der Waals surface area (Å²) in [5, 5.41) is 6.46. The van der Waals surface area contributed by atoms with Crippen LogP contribution in [0.15, 0.2) is 217 Å². The molecular formula is C99H102BBr2Cl4F4N7O16S. The van der Waals surface area contributed by atoms with Crippen LogP contribution in [-0.2, 0) is 84.6 Å². The third kappa shape index (κ3) is 30.7. The SMILES string of the molecule is CC(C)(C)OC(=O)Cc1cc(Br)c(C(=O)c2ccc(F)cc2)cc1Cl.CCS(=O)(=O)Cl.Cc1cc(-c2cn(C)c(=O)cc2CNC(=O)OC(C)(C)C)c(C(=O)c2ccc(F)cc2)cc1Cl.Cc1ccc(C(=O)c2ccc(F)cc2)c(Br)c1.Cn1cc(B2OC(C)(C)C(C)(C)O2)c(CNC(=O)OC(C)(C)C)cc1=O.Cn1cc2c(cc1=O)CN=C(c1ccc(F)cc1)c1cc(Cl)c(N)cc1-2. The number of rotatable bonds is 16. The molecule has 1 saturated heterocycles. The van der Waals surface area contributed by atoms with E-state index in [1.54, 1.807) is 164 Å². The number of aromatic nitrogens is 3. The van der Waals surface area contributed by atoms with Crippen LogP contribution in [0.5, 0.6) is 0 Å². The van der Waals surface area contributed by atoms with Crippen LogP contribution < -0.4 is 38.5 Å². The molecule has 0 atom stereocenters. The zero-order valence-corrected chi connectivity index (χ0v) is 84.1. The number of nitrogens with one attached hydrogen (secondary N) is 2. The van der Waals surface area contributed by atoms with Crippen molar-refractivity contribution in [2.24, 2.45) is 26.1 Å². The number of esters is 1. The van der Waals surface area contributed by atoms with Gasteiger partial charge in [-0.05, 0) is 294 Å². The maximum atomic E-state index is 13.4. The van der Waals surface area contributed by atoms with Gasteiger partial charge in [-0.3, -0.25) is 38.6 Å². The smallest absolute Gasteiger partial charge is 0.460 e. The number of ether oxygens (including phenoxy) is 3. The van der Waals surface area contributed by atoms with Gasteiger partial charge in [-0.25, -0.2) is 35.6 Å². The van der Waals surface area contributed by atoms with E-state index < -0.39 is 74.0 Å². The molecule has 2 amide bonds. The lowest BCUT2D eigenvalue weighted by Crippen LogP contribution is -2.42. The highest BCUT2D eigenvalue weighted by Crippen LogP contribution is 2.40. The van der Waals surface area contributed by atoms with Crippen molar-refractivity contribution in [1.82, 2.24) is 24.3 Å². The Labute approximate surface area is 811 Å². The lowest BCUT2D eigenvalue weighted by molar-refractivity contribution is -0.153. The van der Waals surface area contributed by atoms with Crippen LogP contribution in [0.1, 0.15) is 189 Å². The molecule has 0 saturated carbocycles. The summed E-state index contributed by atoms with van der Waals surface area (Å²) in [4.78, 5) is 115. The molecule has 2 aliphatic heterocycles. The number of hydrogen-bond acceptors (Lipinski definition) is 18. The lowest BCUT2D eigenvalue weighted by atomic mass is 9.77. The highest BCUT2D eigenvalue weighted by molar-refractivity contribution is 9.10. The summed E-state index contributed by atoms with van der Waals surface area (Å²) in [6.45, 7) is 29.6. The van der Waals surface area contributed by atoms with E-state index in [-0.39, 0.29) is 70.9 Å². The number of fused-ring (bicyclic) bond motifs is 3. The van der Waals surface area contributed by atoms with Crippen molar-refractivity contribution in [3.63, 3.8) is 0 Å². The summed E-state index contributed by atoms with van der Waals surface area (Å²) in [7, 11) is 5.85. The third-order valence-electron chi connectivity index (χ3n) is 20.3. The van der Waals surface area contributed by atoms with Gasteiger partial charge in [0, 0.05) is 162 Å². The Balaban J connectivity index is 0.000000205. The number of amides is 2. The summed E-state index contributed by atoms with van der Waals surface area (Å²) in [5.74, 6) is -2.68. The number of halogens is 10. The molecule has 0 spiro atoms. The summed E-state index contributed by atoms with van der Waals surface area (Å²) in [5.41, 5.74) is 15.5. The minimum Gasteiger partial charge on any atom is -0.460 e. The maximum Gasteiger partial charge on any atom is 0.496 e. The zero-order valence-electron chi connectivity index (χ0n) is 77.1. The Hall–Kier alpha value is -11.1. The van der Waals surface area contributed by atoms with Crippen LogP contribution in [0.2, 0.25) is 15.1 Å². The summed E-state index contributed by atoms with van der Waals surface area (Å²) < 4.78 is 106. The first-order chi connectivity index (χ1) is 62.2. The molecule has 0 bridgehead atoms. The Morgan fingerprint density at radius 3 is 1.39 bits per heavy atom. The zero-order chi connectivity index (χ0) is 99.9. The third-order valence-corrected chi connectivity index (χ3v) is 24.1. The normalized spacial score (nSPS) is 12.9. The molecule has 3 aromatic heterocycles. The molecule has 13 rings (SSSR count). The Morgan fingerprint density at radius 2 is 0.918 bits per heavy atom. The second-order valence-electron chi connectivity index (χ2n) is 35.1. The van der Waals surface area contributed by atoms with Gasteiger partial charge in [-0.1, -0.05) is 79.7 Å². The first-order valence-corrected chi connectivity index (χ1v) is 46.8. The molecule has 2 aliphatic rings. The second-order valence-corrected chi connectivity index (χ2v) is 41.1. The number of carbonyl (C=O) groups excluding carboxylic acids is 6. The van der Waals surface area contributed by atoms with E-state index in [1.807, 2.05) is 46.8 Å². The highest BCUT2D eigenvalue weighted by Gasteiger charge is 2.52. The van der Waals surface area contributed by atoms with Crippen LogP contribution in [0.4, 0.5) is 32.8 Å². The number of aryl methyl sites for hydroxylation is 5. The minimum atomic E-state index is -3.19. The second kappa shape index (κ2) is 45.5. The molecule has 11 aromatic rings. The molecule has 708 valence electrons. The standard InChI is InChI=1S/C26H26ClFN2O4.C20H15ClFN3O.C19H17BrClFO3.C18H29BN2O5.C14H10BrFO.C2H5ClO2S/c1-15-10-19(20(12-22(15)27)24(32)16-6-8-18(28)9-7-16)21-14-30(5)23(31)11-17(21)13-29-25(33)34-26(2,3)4;1-25-10-16-12(6-19(25)26)9-24-20(11-2-4-13(22)5-3-11)15-7-17(21)18(23)8-14(15)16;1-19(2,3)25-17(23)9-12-8-15(20)14(10-16(12)21)18(24)11-4-6-13(22)7-5-11;1-16(2,3)24-15(23)20-10-12-9-14(22)21(8)11-13(12)19-25-17(4,5)18(6,7)26-19;1-9-2-7-12(13(15)8-9)14(17)10-3-5-11(16)6-4-10;1-2-6(3,4)5/h6-12,14H,13H2,1-5H3,(H,29,33);2-8,10H,9,23H2,1H3;4-8,10H,9H2,1-3H3;9,11H,10H2,1-8H3,(H,20,23);2-8H,1H3;2H2,1H3. The number of pyridine rings is 3. The van der Waals surface area contributed by atoms with E-state index in [4.69, 9.17) is 69.0 Å². The largest absolute Gasteiger partial charge is 0.496 e. The number of benzene rings is 8. The summed E-state index contributed by atoms with van der Waals surface area (Å²) in [6.07, 6.45) is 3.91. The van der Waals surface area contributed by atoms with Crippen molar-refractivity contribution in [3.8, 4) is 22.3 Å². The van der Waals surface area contributed by atoms with Gasteiger partial charge >= 0.3 is 25.3 Å². The molecule has 23 nitrogen and oxygen atoms in total. The predicted molar refractivity (Wildman–Crippen MR) is 525 cm³/mol. The molecule has 0 aliphatic carbocycles. The van der Waals surface area contributed by atoms with E-state index >= 15 is 0 Å². The molecule has 0 radical (unpaired) electrons. The van der Waals surface area contributed by atoms with Crippen LogP contribution in [0.25, 0.3) is 22.3 Å². The van der Waals surface area contributed by atoms with Gasteiger partial charge in [0.25, 0.3) is 16.7 Å². The van der Waals surface area contributed by atoms with Crippen LogP contribution in [0, 0.1) is 37.1 Å². The number of nitrogens with zero attached hydrogens (tertiary/aromatic N) is 4. The molecule has 5 heterocycles. The Morgan fingerprint density at radius 1 is 0.500 bits per heavy atom. The number of ketones is 3. The van der Waals surface area contributed by atoms with Crippen molar-refractivity contribution in [2.45, 2.75) is 165 Å². The monoisotopic (exact) mass is 2060 g/mol. The number of carbonyl (C=O) groups is 6. The van der Waals surface area contributed by atoms with Crippen molar-refractivity contribution < 1.29 is 78.3 Å². The molecular weight excluding hydrogens is 1960 g/mol. The van der Waals surface area contributed by atoms with Gasteiger partial charge in [-0.15, -0.1) is 0 Å². The van der Waals surface area contributed by atoms with Crippen molar-refractivity contribution in [2.75, 3.05) is 11.5 Å². The quantitative estimate of drug-likeness (QED) is 0.0154. The van der Waals surface area contributed by atoms with E-state index in [0.29, 0.717) is 104 Å². The lowest BCUT2D eigenvalue weighted by Gasteiger charge is -2.32. The fraction of sp³-hybridized carbons (Fsp3) is 0.293. The average Bonchev–Trinajstić information content (AvgIpc) is 1.33. The van der Waals surface area contributed by atoms with E-state index in [9.17, 15) is 69.1 Å². The van der Waals surface area contributed by atoms with Crippen molar-refractivity contribution in [1.29, 1.82) is 0 Å². The van der Waals surface area contributed by atoms with Crippen LogP contribution in [0.3, 0.4) is 0 Å². The Kier molecular flexibility index (Phi) is 36.7. The van der Waals surface area contributed by atoms with Gasteiger partial charge in [0.1, 0.15) is 40.1 Å². The average molecular weight is 2070 g/mol. The molecule has 1 fully saturated rings. The maximum absolute atomic E-state index is 13.4. The topological polar surface area (TPSA) is 311 Å². The molecule has 35 heteroatoms. The number of anilines is 1. The number of nitrogen functional groups attached to an aromatic ring is 1. The Bertz CT molecular complexity index is 6590. The van der Waals surface area contributed by atoms with Gasteiger partial charge in [0.15, 0.2) is 17.3 Å².